The number of aromatic nitrogens is 3. The van der Waals surface area contributed by atoms with Gasteiger partial charge in [0.1, 0.15) is 5.82 Å². The molecule has 0 bridgehead atoms. The largest absolute Gasteiger partial charge is 0.357 e. The average Bonchev–Trinajstić information content (AvgIpc) is 3.34. The van der Waals surface area contributed by atoms with Crippen LogP contribution in [-0.2, 0) is 11.8 Å². The van der Waals surface area contributed by atoms with Gasteiger partial charge in [-0.3, -0.25) is 9.39 Å². The van der Waals surface area contributed by atoms with Crippen molar-refractivity contribution in [2.24, 2.45) is 4.99 Å². The third-order valence-electron chi connectivity index (χ3n) is 4.42. The Kier molecular flexibility index (Phi) is 8.68. The first-order valence-electron chi connectivity index (χ1n) is 9.45. The smallest absolute Gasteiger partial charge is 0.191 e. The molecule has 0 aliphatic carbocycles. The van der Waals surface area contributed by atoms with Crippen LogP contribution in [0.25, 0.3) is 5.65 Å². The lowest BCUT2D eigenvalue weighted by Gasteiger charge is -2.21. The highest BCUT2D eigenvalue weighted by Crippen LogP contribution is 2.27. The molecular weight excluding hydrogens is 483 g/mol. The van der Waals surface area contributed by atoms with E-state index in [1.54, 1.807) is 11.3 Å². The Balaban J connectivity index is 0.00000280. The van der Waals surface area contributed by atoms with E-state index < -0.39 is 0 Å². The minimum Gasteiger partial charge on any atom is -0.357 e. The molecule has 8 heteroatoms. The quantitative estimate of drug-likeness (QED) is 0.208. The van der Waals surface area contributed by atoms with Gasteiger partial charge in [0.05, 0.1) is 6.54 Å². The average molecular weight is 512 g/mol. The van der Waals surface area contributed by atoms with Gasteiger partial charge in [-0.05, 0) is 36.9 Å². The highest BCUT2D eigenvalue weighted by atomic mass is 127. The third-order valence-corrected chi connectivity index (χ3v) is 5.65. The Morgan fingerprint density at radius 3 is 2.79 bits per heavy atom. The van der Waals surface area contributed by atoms with Crippen molar-refractivity contribution in [1.29, 1.82) is 0 Å². The molecule has 0 spiro atoms. The van der Waals surface area contributed by atoms with Crippen molar-refractivity contribution in [1.82, 2.24) is 25.2 Å². The Morgan fingerprint density at radius 2 is 2.04 bits per heavy atom. The summed E-state index contributed by atoms with van der Waals surface area (Å²) in [7, 11) is 0. The van der Waals surface area contributed by atoms with Crippen molar-refractivity contribution in [3.05, 3.63) is 52.6 Å². The molecule has 0 unspecified atom stereocenters. The summed E-state index contributed by atoms with van der Waals surface area (Å²) in [5, 5.41) is 17.4. The van der Waals surface area contributed by atoms with Gasteiger partial charge in [-0.25, -0.2) is 0 Å². The number of halogens is 1. The van der Waals surface area contributed by atoms with Crippen LogP contribution in [0.5, 0.6) is 0 Å². The second-order valence-corrected chi connectivity index (χ2v) is 8.08. The summed E-state index contributed by atoms with van der Waals surface area (Å²) < 4.78 is 2.04. The molecule has 152 valence electrons. The molecule has 0 aliphatic heterocycles. The van der Waals surface area contributed by atoms with Crippen LogP contribution in [0, 0.1) is 0 Å². The number of rotatable bonds is 8. The Morgan fingerprint density at radius 1 is 1.18 bits per heavy atom. The minimum atomic E-state index is 0. The molecule has 0 radical (unpaired) electrons. The summed E-state index contributed by atoms with van der Waals surface area (Å²) in [4.78, 5) is 6.16. The van der Waals surface area contributed by atoms with Crippen molar-refractivity contribution in [3.8, 4) is 0 Å². The number of aryl methyl sites for hydroxylation is 1. The molecule has 0 saturated heterocycles. The topological polar surface area (TPSA) is 66.6 Å². The van der Waals surface area contributed by atoms with Crippen LogP contribution >= 0.6 is 35.3 Å². The van der Waals surface area contributed by atoms with E-state index >= 15 is 0 Å². The van der Waals surface area contributed by atoms with Crippen LogP contribution < -0.4 is 10.6 Å². The highest BCUT2D eigenvalue weighted by Gasteiger charge is 2.21. The summed E-state index contributed by atoms with van der Waals surface area (Å²) >= 11 is 1.79. The zero-order valence-electron chi connectivity index (χ0n) is 16.7. The number of guanidine groups is 1. The van der Waals surface area contributed by atoms with Crippen molar-refractivity contribution in [3.63, 3.8) is 0 Å². The second kappa shape index (κ2) is 10.8. The molecule has 3 aromatic heterocycles. The molecule has 2 N–H and O–H groups in total. The Labute approximate surface area is 187 Å². The van der Waals surface area contributed by atoms with Crippen LogP contribution in [0.3, 0.4) is 0 Å². The first-order valence-corrected chi connectivity index (χ1v) is 10.3. The van der Waals surface area contributed by atoms with Gasteiger partial charge in [0.15, 0.2) is 11.6 Å². The normalized spacial score (nSPS) is 12.0. The van der Waals surface area contributed by atoms with E-state index in [0.717, 1.165) is 49.9 Å². The maximum atomic E-state index is 4.79. The van der Waals surface area contributed by atoms with Gasteiger partial charge in [0.2, 0.25) is 0 Å². The summed E-state index contributed by atoms with van der Waals surface area (Å²) in [6, 6.07) is 10.2. The van der Waals surface area contributed by atoms with E-state index in [2.05, 4.69) is 59.1 Å². The molecule has 3 heterocycles. The summed E-state index contributed by atoms with van der Waals surface area (Å²) in [6.45, 7) is 9.00. The molecule has 0 saturated carbocycles. The van der Waals surface area contributed by atoms with Crippen molar-refractivity contribution >= 4 is 46.9 Å². The van der Waals surface area contributed by atoms with E-state index in [-0.39, 0.29) is 29.4 Å². The van der Waals surface area contributed by atoms with Crippen LogP contribution in [0.2, 0.25) is 0 Å². The van der Waals surface area contributed by atoms with Gasteiger partial charge in [-0.1, -0.05) is 26.0 Å². The molecule has 28 heavy (non-hydrogen) atoms. The predicted octanol–water partition coefficient (Wildman–Crippen LogP) is 3.87. The number of hydrogen-bond acceptors (Lipinski definition) is 4. The number of hydrogen-bond donors (Lipinski definition) is 2. The van der Waals surface area contributed by atoms with Crippen molar-refractivity contribution < 1.29 is 0 Å². The summed E-state index contributed by atoms with van der Waals surface area (Å²) in [6.07, 6.45) is 3.85. The van der Waals surface area contributed by atoms with Gasteiger partial charge >= 0.3 is 0 Å². The first kappa shape index (κ1) is 22.6. The van der Waals surface area contributed by atoms with E-state index in [0.29, 0.717) is 0 Å². The first-order chi connectivity index (χ1) is 13.1. The molecule has 6 nitrogen and oxygen atoms in total. The monoisotopic (exact) mass is 512 g/mol. The Bertz CT molecular complexity index is 872. The number of fused-ring (bicyclic) bond motifs is 1. The van der Waals surface area contributed by atoms with Crippen molar-refractivity contribution in [2.75, 3.05) is 19.6 Å². The fourth-order valence-corrected chi connectivity index (χ4v) is 3.72. The second-order valence-electron chi connectivity index (χ2n) is 7.13. The van der Waals surface area contributed by atoms with E-state index in [1.807, 2.05) is 28.8 Å². The molecule has 3 aromatic rings. The van der Waals surface area contributed by atoms with Gasteiger partial charge in [0.25, 0.3) is 0 Å². The van der Waals surface area contributed by atoms with E-state index in [1.165, 1.54) is 4.88 Å². The molecule has 3 rings (SSSR count). The molecular formula is C20H29IN6S. The molecule has 0 amide bonds. The maximum absolute atomic E-state index is 4.79. The lowest BCUT2D eigenvalue weighted by Crippen LogP contribution is -2.39. The lowest BCUT2D eigenvalue weighted by molar-refractivity contribution is 0.548. The highest BCUT2D eigenvalue weighted by molar-refractivity contribution is 14.0. The van der Waals surface area contributed by atoms with E-state index in [4.69, 9.17) is 4.99 Å². The maximum Gasteiger partial charge on any atom is 0.191 e. The predicted molar refractivity (Wildman–Crippen MR) is 128 cm³/mol. The van der Waals surface area contributed by atoms with Gasteiger partial charge in [-0.15, -0.1) is 45.5 Å². The number of nitrogens with one attached hydrogen (secondary N) is 2. The number of nitrogens with zero attached hydrogens (tertiary/aromatic N) is 4. The number of thiophene rings is 1. The Hall–Kier alpha value is -1.68. The van der Waals surface area contributed by atoms with Gasteiger partial charge < -0.3 is 10.6 Å². The number of pyridine rings is 1. The molecule has 0 atom stereocenters. The third kappa shape index (κ3) is 5.91. The fourth-order valence-electron chi connectivity index (χ4n) is 2.87. The number of aliphatic imine (C=N–C) groups is 1. The zero-order chi connectivity index (χ0) is 19.1. The minimum absolute atomic E-state index is 0. The fraction of sp³-hybridized carbons (Fsp3) is 0.450. The standard InChI is InChI=1S/C20H28N6S.HI/c1-4-21-19(23-15-20(2,3)16-9-8-14-27-16)22-12-7-11-18-25-24-17-10-5-6-13-26(17)18;/h5-6,8-10,13-14H,4,7,11-12,15H2,1-3H3,(H2,21,22,23);1H. The molecule has 0 aliphatic rings. The van der Waals surface area contributed by atoms with Gasteiger partial charge in [0, 0.05) is 36.0 Å². The summed E-state index contributed by atoms with van der Waals surface area (Å²) in [5.74, 6) is 1.86. The summed E-state index contributed by atoms with van der Waals surface area (Å²) in [5.41, 5.74) is 0.933. The van der Waals surface area contributed by atoms with Crippen LogP contribution in [0.15, 0.2) is 46.9 Å². The van der Waals surface area contributed by atoms with Gasteiger partial charge in [-0.2, -0.15) is 0 Å². The molecule has 0 aromatic carbocycles. The van der Waals surface area contributed by atoms with Crippen LogP contribution in [0.4, 0.5) is 0 Å². The van der Waals surface area contributed by atoms with Crippen LogP contribution in [0.1, 0.15) is 37.9 Å². The zero-order valence-corrected chi connectivity index (χ0v) is 19.8. The molecule has 0 fully saturated rings. The van der Waals surface area contributed by atoms with Crippen molar-refractivity contribution in [2.45, 2.75) is 39.0 Å². The van der Waals surface area contributed by atoms with E-state index in [9.17, 15) is 0 Å². The van der Waals surface area contributed by atoms with Crippen LogP contribution in [-0.4, -0.2) is 40.2 Å². The SMILES string of the molecule is CCNC(=NCC(C)(C)c1cccs1)NCCCc1nnc2ccccn12.I. The lowest BCUT2D eigenvalue weighted by atomic mass is 9.92.